The minimum Gasteiger partial charge on any atom is -0.316 e. The van der Waals surface area contributed by atoms with Crippen molar-refractivity contribution in [3.63, 3.8) is 0 Å². The first-order valence-corrected chi connectivity index (χ1v) is 7.10. The van der Waals surface area contributed by atoms with Gasteiger partial charge in [-0.15, -0.1) is 0 Å². The van der Waals surface area contributed by atoms with Gasteiger partial charge >= 0.3 is 0 Å². The molecule has 5 heteroatoms. The highest BCUT2D eigenvalue weighted by Gasteiger charge is 2.16. The Labute approximate surface area is 86.6 Å². The van der Waals surface area contributed by atoms with Crippen LogP contribution in [0.3, 0.4) is 0 Å². The first-order chi connectivity index (χ1) is 6.47. The van der Waals surface area contributed by atoms with E-state index in [9.17, 15) is 8.42 Å². The van der Waals surface area contributed by atoms with Crippen molar-refractivity contribution in [2.45, 2.75) is 6.42 Å². The van der Waals surface area contributed by atoms with E-state index in [1.807, 2.05) is 7.05 Å². The highest BCUT2D eigenvalue weighted by Crippen LogP contribution is 2.08. The number of rotatable bonds is 6. The van der Waals surface area contributed by atoms with Gasteiger partial charge in [0.25, 0.3) is 0 Å². The molecule has 0 radical (unpaired) electrons. The van der Waals surface area contributed by atoms with Crippen LogP contribution in [0.15, 0.2) is 0 Å². The molecular weight excluding hydrogens is 200 g/mol. The Morgan fingerprint density at radius 3 is 2.43 bits per heavy atom. The van der Waals surface area contributed by atoms with E-state index in [1.165, 1.54) is 12.7 Å². The molecule has 0 aromatic carbocycles. The maximum atomic E-state index is 10.9. The maximum Gasteiger partial charge on any atom is 0.148 e. The van der Waals surface area contributed by atoms with E-state index in [2.05, 4.69) is 10.2 Å². The van der Waals surface area contributed by atoms with Crippen LogP contribution in [0.1, 0.15) is 6.42 Å². The minimum absolute atomic E-state index is 0.270. The molecule has 4 nitrogen and oxygen atoms in total. The van der Waals surface area contributed by atoms with Crippen LogP contribution < -0.4 is 5.32 Å². The van der Waals surface area contributed by atoms with Crippen LogP contribution in [0.5, 0.6) is 0 Å². The third kappa shape index (κ3) is 4.93. The van der Waals surface area contributed by atoms with Crippen LogP contribution in [-0.2, 0) is 9.84 Å². The summed E-state index contributed by atoms with van der Waals surface area (Å²) in [6.07, 6.45) is 2.46. The molecule has 84 valence electrons. The van der Waals surface area contributed by atoms with Gasteiger partial charge in [0.05, 0.1) is 5.75 Å². The monoisotopic (exact) mass is 220 g/mol. The van der Waals surface area contributed by atoms with Crippen molar-refractivity contribution in [1.82, 2.24) is 10.2 Å². The quantitative estimate of drug-likeness (QED) is 0.660. The fraction of sp³-hybridized carbons (Fsp3) is 1.00. The van der Waals surface area contributed by atoms with E-state index in [0.29, 0.717) is 6.54 Å². The number of nitrogens with zero attached hydrogens (tertiary/aromatic N) is 1. The van der Waals surface area contributed by atoms with Crippen molar-refractivity contribution in [2.24, 2.45) is 5.92 Å². The SMILES string of the molecule is CN(CCC1CNC1)CCS(C)(=O)=O. The van der Waals surface area contributed by atoms with Crippen molar-refractivity contribution in [2.75, 3.05) is 45.2 Å². The molecule has 0 aromatic heterocycles. The van der Waals surface area contributed by atoms with E-state index in [4.69, 9.17) is 0 Å². The lowest BCUT2D eigenvalue weighted by Gasteiger charge is -2.28. The zero-order valence-electron chi connectivity index (χ0n) is 8.99. The lowest BCUT2D eigenvalue weighted by Crippen LogP contribution is -2.43. The summed E-state index contributed by atoms with van der Waals surface area (Å²) < 4.78 is 21.8. The van der Waals surface area contributed by atoms with Crippen LogP contribution in [0.25, 0.3) is 0 Å². The van der Waals surface area contributed by atoms with E-state index in [0.717, 1.165) is 25.6 Å². The Morgan fingerprint density at radius 1 is 1.36 bits per heavy atom. The summed E-state index contributed by atoms with van der Waals surface area (Å²) in [4.78, 5) is 2.10. The van der Waals surface area contributed by atoms with Crippen LogP contribution in [0.4, 0.5) is 0 Å². The van der Waals surface area contributed by atoms with E-state index in [-0.39, 0.29) is 5.75 Å². The van der Waals surface area contributed by atoms with Crippen molar-refractivity contribution >= 4 is 9.84 Å². The van der Waals surface area contributed by atoms with Crippen LogP contribution in [0.2, 0.25) is 0 Å². The summed E-state index contributed by atoms with van der Waals surface area (Å²) in [5.41, 5.74) is 0. The Kier molecular flexibility index (Phi) is 4.34. The van der Waals surface area contributed by atoms with Crippen molar-refractivity contribution in [3.8, 4) is 0 Å². The molecule has 1 saturated heterocycles. The van der Waals surface area contributed by atoms with Gasteiger partial charge in [-0.1, -0.05) is 0 Å². The molecule has 1 rings (SSSR count). The number of hydrogen-bond acceptors (Lipinski definition) is 4. The molecule has 1 N–H and O–H groups in total. The summed E-state index contributed by atoms with van der Waals surface area (Å²) in [5, 5.41) is 3.23. The number of sulfone groups is 1. The summed E-state index contributed by atoms with van der Waals surface area (Å²) in [6, 6.07) is 0. The summed E-state index contributed by atoms with van der Waals surface area (Å²) >= 11 is 0. The fourth-order valence-electron chi connectivity index (χ4n) is 1.39. The van der Waals surface area contributed by atoms with Gasteiger partial charge in [-0.2, -0.15) is 0 Å². The van der Waals surface area contributed by atoms with Crippen molar-refractivity contribution < 1.29 is 8.42 Å². The van der Waals surface area contributed by atoms with Crippen molar-refractivity contribution in [1.29, 1.82) is 0 Å². The third-order valence-corrected chi connectivity index (χ3v) is 3.55. The maximum absolute atomic E-state index is 10.9. The Bertz CT molecular complexity index is 260. The first-order valence-electron chi connectivity index (χ1n) is 5.04. The molecule has 0 amide bonds. The van der Waals surface area contributed by atoms with Gasteiger partial charge in [0.1, 0.15) is 9.84 Å². The van der Waals surface area contributed by atoms with Gasteiger partial charge in [0.2, 0.25) is 0 Å². The van der Waals surface area contributed by atoms with Gasteiger partial charge < -0.3 is 10.2 Å². The molecule has 0 bridgehead atoms. The Morgan fingerprint density at radius 2 is 2.00 bits per heavy atom. The average molecular weight is 220 g/mol. The predicted molar refractivity (Wildman–Crippen MR) is 58.2 cm³/mol. The molecule has 1 heterocycles. The molecule has 14 heavy (non-hydrogen) atoms. The van der Waals surface area contributed by atoms with Crippen molar-refractivity contribution in [3.05, 3.63) is 0 Å². The van der Waals surface area contributed by atoms with Gasteiger partial charge in [0, 0.05) is 12.8 Å². The second-order valence-corrected chi connectivity index (χ2v) is 6.51. The molecule has 0 unspecified atom stereocenters. The standard InChI is InChI=1S/C9H20N2O2S/c1-11(5-6-14(2,12)13)4-3-9-7-10-8-9/h9-10H,3-8H2,1-2H3. The predicted octanol–water partition coefficient (Wildman–Crippen LogP) is -0.428. The second-order valence-electron chi connectivity index (χ2n) is 4.25. The van der Waals surface area contributed by atoms with E-state index < -0.39 is 9.84 Å². The third-order valence-electron chi connectivity index (χ3n) is 2.63. The Balaban J connectivity index is 2.06. The average Bonchev–Trinajstić information content (AvgIpc) is 1.96. The normalized spacial score (nSPS) is 18.5. The zero-order chi connectivity index (χ0) is 10.6. The van der Waals surface area contributed by atoms with Gasteiger partial charge in [0.15, 0.2) is 0 Å². The molecular formula is C9H20N2O2S. The van der Waals surface area contributed by atoms with E-state index in [1.54, 1.807) is 0 Å². The number of nitrogens with one attached hydrogen (secondary N) is 1. The smallest absolute Gasteiger partial charge is 0.148 e. The molecule has 1 aliphatic heterocycles. The number of hydrogen-bond donors (Lipinski definition) is 1. The van der Waals surface area contributed by atoms with Crippen LogP contribution in [-0.4, -0.2) is 58.6 Å². The molecule has 0 spiro atoms. The zero-order valence-corrected chi connectivity index (χ0v) is 9.81. The molecule has 0 aromatic rings. The van der Waals surface area contributed by atoms with E-state index >= 15 is 0 Å². The highest BCUT2D eigenvalue weighted by molar-refractivity contribution is 7.90. The van der Waals surface area contributed by atoms with Gasteiger partial charge in [-0.05, 0) is 39.0 Å². The summed E-state index contributed by atoms with van der Waals surface area (Å²) in [7, 11) is -0.820. The lowest BCUT2D eigenvalue weighted by molar-refractivity contribution is 0.264. The largest absolute Gasteiger partial charge is 0.316 e. The minimum atomic E-state index is -2.80. The summed E-state index contributed by atoms with van der Waals surface area (Å²) in [6.45, 7) is 3.90. The first kappa shape index (κ1) is 11.9. The topological polar surface area (TPSA) is 49.4 Å². The van der Waals surface area contributed by atoms with Gasteiger partial charge in [-0.25, -0.2) is 8.42 Å². The molecule has 0 saturated carbocycles. The molecule has 1 aliphatic rings. The molecule has 0 atom stereocenters. The fourth-order valence-corrected chi connectivity index (χ4v) is 2.03. The second kappa shape index (κ2) is 5.09. The Hall–Kier alpha value is -0.130. The highest BCUT2D eigenvalue weighted by atomic mass is 32.2. The van der Waals surface area contributed by atoms with Gasteiger partial charge in [-0.3, -0.25) is 0 Å². The van der Waals surface area contributed by atoms with Crippen LogP contribution in [0, 0.1) is 5.92 Å². The summed E-state index contributed by atoms with van der Waals surface area (Å²) in [5.74, 6) is 1.07. The molecule has 1 fully saturated rings. The van der Waals surface area contributed by atoms with Crippen LogP contribution >= 0.6 is 0 Å². The lowest BCUT2D eigenvalue weighted by atomic mass is 9.99. The molecule has 0 aliphatic carbocycles.